The van der Waals surface area contributed by atoms with Crippen LogP contribution in [0.3, 0.4) is 0 Å². The van der Waals surface area contributed by atoms with Gasteiger partial charge in [-0.3, -0.25) is 4.79 Å². The fraction of sp³-hybridized carbons (Fsp3) is 0.150. The fourth-order valence-electron chi connectivity index (χ4n) is 2.70. The van der Waals surface area contributed by atoms with Gasteiger partial charge in [0.1, 0.15) is 0 Å². The van der Waals surface area contributed by atoms with Crippen LogP contribution >= 0.6 is 0 Å². The molecule has 1 aliphatic rings. The molecule has 0 amide bonds. The second-order valence-electron chi connectivity index (χ2n) is 5.66. The van der Waals surface area contributed by atoms with Gasteiger partial charge in [-0.1, -0.05) is 48.6 Å². The summed E-state index contributed by atoms with van der Waals surface area (Å²) in [6.07, 6.45) is 6.14. The van der Waals surface area contributed by atoms with Gasteiger partial charge in [0.2, 0.25) is 0 Å². The predicted molar refractivity (Wildman–Crippen MR) is 97.9 cm³/mol. The Balaban J connectivity index is 0.000000136. The zero-order chi connectivity index (χ0) is 16.2. The summed E-state index contributed by atoms with van der Waals surface area (Å²) in [5, 5.41) is 1.78. The summed E-state index contributed by atoms with van der Waals surface area (Å²) < 4.78 is 1.59. The van der Waals surface area contributed by atoms with Crippen LogP contribution in [0.2, 0.25) is 0 Å². The van der Waals surface area contributed by atoms with E-state index in [1.807, 2.05) is 30.3 Å². The highest BCUT2D eigenvalue weighted by molar-refractivity contribution is 5.81. The van der Waals surface area contributed by atoms with E-state index >= 15 is 0 Å². The van der Waals surface area contributed by atoms with Crippen molar-refractivity contribution < 1.29 is 0 Å². The highest BCUT2D eigenvalue weighted by Crippen LogP contribution is 2.23. The number of likely N-dealkylation sites (N-methyl/N-ethyl adjacent to an activating group) is 1. The Morgan fingerprint density at radius 2 is 1.65 bits per heavy atom. The third kappa shape index (κ3) is 3.19. The van der Waals surface area contributed by atoms with Gasteiger partial charge in [-0.15, -0.1) is 0 Å². The van der Waals surface area contributed by atoms with Crippen molar-refractivity contribution in [2.24, 2.45) is 7.05 Å². The van der Waals surface area contributed by atoms with Gasteiger partial charge in [-0.05, 0) is 29.1 Å². The smallest absolute Gasteiger partial charge is 0.258 e. The summed E-state index contributed by atoms with van der Waals surface area (Å²) in [6.45, 7) is 1.02. The number of para-hydroxylation sites is 1. The second kappa shape index (κ2) is 6.53. The minimum atomic E-state index is 0.0631. The van der Waals surface area contributed by atoms with Crippen LogP contribution in [0.1, 0.15) is 5.56 Å². The number of anilines is 1. The maximum Gasteiger partial charge on any atom is 0.258 e. The van der Waals surface area contributed by atoms with Crippen molar-refractivity contribution in [1.82, 2.24) is 4.57 Å². The number of aromatic nitrogens is 1. The van der Waals surface area contributed by atoms with Gasteiger partial charge in [0.05, 0.1) is 0 Å². The Bertz CT molecular complexity index is 909. The van der Waals surface area contributed by atoms with E-state index in [0.717, 1.165) is 17.3 Å². The minimum absolute atomic E-state index is 0.0631. The SMILES string of the molecule is CN1CC=Cc2ccccc21.Cn1ccc2ccccc2c1=O. The van der Waals surface area contributed by atoms with E-state index in [1.165, 1.54) is 11.3 Å². The van der Waals surface area contributed by atoms with E-state index in [-0.39, 0.29) is 5.56 Å². The van der Waals surface area contributed by atoms with Gasteiger partial charge in [0, 0.05) is 37.9 Å². The predicted octanol–water partition coefficient (Wildman–Crippen LogP) is 3.69. The Morgan fingerprint density at radius 1 is 0.913 bits per heavy atom. The molecule has 3 aromatic rings. The number of rotatable bonds is 0. The molecule has 0 radical (unpaired) electrons. The number of benzene rings is 2. The van der Waals surface area contributed by atoms with Gasteiger partial charge in [-0.25, -0.2) is 0 Å². The van der Waals surface area contributed by atoms with Crippen LogP contribution < -0.4 is 10.5 Å². The summed E-state index contributed by atoms with van der Waals surface area (Å²) in [6, 6.07) is 18.0. The van der Waals surface area contributed by atoms with E-state index in [1.54, 1.807) is 17.8 Å². The molecule has 2 heterocycles. The molecule has 0 unspecified atom stereocenters. The van der Waals surface area contributed by atoms with Gasteiger partial charge in [0.25, 0.3) is 5.56 Å². The molecule has 2 aromatic carbocycles. The molecular weight excluding hydrogens is 284 g/mol. The maximum atomic E-state index is 11.5. The lowest BCUT2D eigenvalue weighted by atomic mass is 10.1. The van der Waals surface area contributed by atoms with Crippen LogP contribution in [0.25, 0.3) is 16.8 Å². The Kier molecular flexibility index (Phi) is 4.29. The molecule has 0 bridgehead atoms. The van der Waals surface area contributed by atoms with Crippen LogP contribution in [0, 0.1) is 0 Å². The molecule has 0 spiro atoms. The molecule has 4 rings (SSSR count). The number of hydrogen-bond donors (Lipinski definition) is 0. The molecule has 0 saturated heterocycles. The van der Waals surface area contributed by atoms with Crippen molar-refractivity contribution >= 4 is 22.5 Å². The normalized spacial score (nSPS) is 12.5. The molecule has 3 heteroatoms. The maximum absolute atomic E-state index is 11.5. The molecule has 0 fully saturated rings. The summed E-state index contributed by atoms with van der Waals surface area (Å²) in [5.74, 6) is 0. The van der Waals surface area contributed by atoms with Crippen molar-refractivity contribution in [3.8, 4) is 0 Å². The minimum Gasteiger partial charge on any atom is -0.370 e. The quantitative estimate of drug-likeness (QED) is 0.633. The average Bonchev–Trinajstić information content (AvgIpc) is 2.60. The molecule has 3 nitrogen and oxygen atoms in total. The van der Waals surface area contributed by atoms with E-state index in [0.29, 0.717) is 0 Å². The zero-order valence-electron chi connectivity index (χ0n) is 13.4. The third-order valence-corrected chi connectivity index (χ3v) is 4.01. The summed E-state index contributed by atoms with van der Waals surface area (Å²) in [5.41, 5.74) is 2.71. The van der Waals surface area contributed by atoms with Gasteiger partial charge < -0.3 is 9.47 Å². The van der Waals surface area contributed by atoms with Crippen molar-refractivity contribution in [3.05, 3.63) is 82.8 Å². The van der Waals surface area contributed by atoms with Crippen molar-refractivity contribution in [3.63, 3.8) is 0 Å². The van der Waals surface area contributed by atoms with Crippen molar-refractivity contribution in [1.29, 1.82) is 0 Å². The van der Waals surface area contributed by atoms with Crippen LogP contribution in [-0.2, 0) is 7.05 Å². The van der Waals surface area contributed by atoms with Crippen LogP contribution in [0.15, 0.2) is 71.7 Å². The van der Waals surface area contributed by atoms with Crippen LogP contribution in [0.4, 0.5) is 5.69 Å². The zero-order valence-corrected chi connectivity index (χ0v) is 13.4. The number of pyridine rings is 1. The standard InChI is InChI=1S/C10H9NO.C10H11N/c1-11-7-6-8-4-2-3-5-9(8)10(11)12;1-11-8-4-6-9-5-2-3-7-10(9)11/h2-7H,1H3;2-7H,8H2,1H3. The van der Waals surface area contributed by atoms with Gasteiger partial charge in [0.15, 0.2) is 0 Å². The van der Waals surface area contributed by atoms with Crippen molar-refractivity contribution in [2.45, 2.75) is 0 Å². The molecule has 0 atom stereocenters. The third-order valence-electron chi connectivity index (χ3n) is 4.01. The fourth-order valence-corrected chi connectivity index (χ4v) is 2.70. The lowest BCUT2D eigenvalue weighted by Crippen LogP contribution is -2.19. The molecule has 0 saturated carbocycles. The molecule has 1 aromatic heterocycles. The summed E-state index contributed by atoms with van der Waals surface area (Å²) in [7, 11) is 3.87. The topological polar surface area (TPSA) is 25.2 Å². The van der Waals surface area contributed by atoms with E-state index in [2.05, 4.69) is 48.4 Å². The Morgan fingerprint density at radius 3 is 2.48 bits per heavy atom. The van der Waals surface area contributed by atoms with E-state index in [9.17, 15) is 4.79 Å². The number of nitrogens with zero attached hydrogens (tertiary/aromatic N) is 2. The molecule has 23 heavy (non-hydrogen) atoms. The van der Waals surface area contributed by atoms with Crippen molar-refractivity contribution in [2.75, 3.05) is 18.5 Å². The molecular formula is C20H20N2O. The molecule has 0 aliphatic carbocycles. The largest absolute Gasteiger partial charge is 0.370 e. The van der Waals surface area contributed by atoms with Gasteiger partial charge in [-0.2, -0.15) is 0 Å². The molecule has 1 aliphatic heterocycles. The lowest BCUT2D eigenvalue weighted by molar-refractivity contribution is 0.873. The lowest BCUT2D eigenvalue weighted by Gasteiger charge is -2.22. The highest BCUT2D eigenvalue weighted by atomic mass is 16.1. The van der Waals surface area contributed by atoms with Gasteiger partial charge >= 0.3 is 0 Å². The number of aryl methyl sites for hydroxylation is 1. The Hall–Kier alpha value is -2.81. The summed E-state index contributed by atoms with van der Waals surface area (Å²) in [4.78, 5) is 13.7. The molecule has 116 valence electrons. The summed E-state index contributed by atoms with van der Waals surface area (Å²) >= 11 is 0. The first-order chi connectivity index (χ1) is 11.2. The van der Waals surface area contributed by atoms with Crippen LogP contribution in [-0.4, -0.2) is 18.2 Å². The highest BCUT2D eigenvalue weighted by Gasteiger charge is 2.06. The first kappa shape index (κ1) is 15.1. The average molecular weight is 304 g/mol. The van der Waals surface area contributed by atoms with Crippen LogP contribution in [0.5, 0.6) is 0 Å². The second-order valence-corrected chi connectivity index (χ2v) is 5.66. The first-order valence-corrected chi connectivity index (χ1v) is 7.68. The monoisotopic (exact) mass is 304 g/mol. The number of fused-ring (bicyclic) bond motifs is 2. The van der Waals surface area contributed by atoms with E-state index < -0.39 is 0 Å². The molecule has 0 N–H and O–H groups in total. The number of hydrogen-bond acceptors (Lipinski definition) is 2. The van der Waals surface area contributed by atoms with E-state index in [4.69, 9.17) is 0 Å². The first-order valence-electron chi connectivity index (χ1n) is 7.68. The Labute approximate surface area is 136 Å².